The Labute approximate surface area is 142 Å². The van der Waals surface area contributed by atoms with Gasteiger partial charge in [0.05, 0.1) is 22.1 Å². The molecule has 1 aromatic rings. The van der Waals surface area contributed by atoms with Crippen molar-refractivity contribution in [1.82, 2.24) is 4.90 Å². The van der Waals surface area contributed by atoms with Crippen LogP contribution in [-0.2, 0) is 9.53 Å². The minimum atomic E-state index is -0.461. The number of carbonyl (C=O) groups is 2. The summed E-state index contributed by atoms with van der Waals surface area (Å²) >= 11 is 1.34. The maximum Gasteiger partial charge on any atom is 0.264 e. The fraction of sp³-hybridized carbons (Fsp3) is 0.647. The highest BCUT2D eigenvalue weighted by Gasteiger charge is 2.29. The number of nitrogens with zero attached hydrogens (tertiary/aromatic N) is 1. The first-order valence-corrected chi connectivity index (χ1v) is 8.76. The molecule has 2 rings (SSSR count). The van der Waals surface area contributed by atoms with E-state index in [0.29, 0.717) is 18.0 Å². The second kappa shape index (κ2) is 6.61. The monoisotopic (exact) mass is 338 g/mol. The number of ether oxygens (including phenoxy) is 1. The molecule has 5 nitrogen and oxygen atoms in total. The highest BCUT2D eigenvalue weighted by Crippen LogP contribution is 2.30. The fourth-order valence-corrected chi connectivity index (χ4v) is 3.58. The summed E-state index contributed by atoms with van der Waals surface area (Å²) in [4.78, 5) is 27.4. The van der Waals surface area contributed by atoms with Crippen LogP contribution >= 0.6 is 11.3 Å². The van der Waals surface area contributed by atoms with Gasteiger partial charge >= 0.3 is 0 Å². The van der Waals surface area contributed by atoms with Gasteiger partial charge in [0, 0.05) is 18.5 Å². The number of carbonyl (C=O) groups excluding carboxylic acids is 2. The van der Waals surface area contributed by atoms with Crippen LogP contribution in [0, 0.1) is 12.3 Å². The number of anilines is 1. The summed E-state index contributed by atoms with van der Waals surface area (Å²) in [5.41, 5.74) is 0.438. The first kappa shape index (κ1) is 17.9. The number of nitrogens with one attached hydrogen (secondary N) is 1. The predicted molar refractivity (Wildman–Crippen MR) is 93.1 cm³/mol. The van der Waals surface area contributed by atoms with Gasteiger partial charge in [-0.2, -0.15) is 0 Å². The molecular weight excluding hydrogens is 312 g/mol. The van der Waals surface area contributed by atoms with Crippen LogP contribution in [0.25, 0.3) is 0 Å². The largest absolute Gasteiger partial charge is 0.372 e. The van der Waals surface area contributed by atoms with E-state index in [1.165, 1.54) is 11.3 Å². The average molecular weight is 338 g/mol. The van der Waals surface area contributed by atoms with Crippen molar-refractivity contribution in [2.45, 2.75) is 53.8 Å². The topological polar surface area (TPSA) is 58.6 Å². The molecule has 0 saturated carbocycles. The predicted octanol–water partition coefficient (Wildman–Crippen LogP) is 3.29. The average Bonchev–Trinajstić information content (AvgIpc) is 2.76. The molecule has 6 heteroatoms. The lowest BCUT2D eigenvalue weighted by molar-refractivity contribution is -0.123. The third-order valence-corrected chi connectivity index (χ3v) is 4.88. The van der Waals surface area contributed by atoms with Crippen LogP contribution in [0.5, 0.6) is 0 Å². The molecule has 0 radical (unpaired) electrons. The Morgan fingerprint density at radius 1 is 1.26 bits per heavy atom. The number of aryl methyl sites for hydroxylation is 1. The number of hydrogen-bond donors (Lipinski definition) is 1. The zero-order valence-electron chi connectivity index (χ0n) is 14.7. The fourth-order valence-electron chi connectivity index (χ4n) is 2.54. The molecule has 1 saturated heterocycles. The first-order valence-electron chi connectivity index (χ1n) is 7.94. The van der Waals surface area contributed by atoms with Crippen LogP contribution < -0.4 is 5.32 Å². The Hall–Kier alpha value is -1.40. The highest BCUT2D eigenvalue weighted by molar-refractivity contribution is 7.18. The van der Waals surface area contributed by atoms with Gasteiger partial charge in [-0.3, -0.25) is 9.59 Å². The summed E-state index contributed by atoms with van der Waals surface area (Å²) < 4.78 is 5.68. The van der Waals surface area contributed by atoms with Gasteiger partial charge in [-0.25, -0.2) is 0 Å². The van der Waals surface area contributed by atoms with Gasteiger partial charge in [0.2, 0.25) is 5.91 Å². The zero-order valence-corrected chi connectivity index (χ0v) is 15.5. The van der Waals surface area contributed by atoms with E-state index in [1.807, 2.05) is 52.5 Å². The van der Waals surface area contributed by atoms with E-state index in [4.69, 9.17) is 4.74 Å². The highest BCUT2D eigenvalue weighted by atomic mass is 32.1. The molecule has 0 bridgehead atoms. The molecule has 0 aromatic carbocycles. The van der Waals surface area contributed by atoms with Gasteiger partial charge in [0.25, 0.3) is 5.91 Å². The quantitative estimate of drug-likeness (QED) is 0.900. The normalized spacial score (nSPS) is 22.1. The van der Waals surface area contributed by atoms with Crippen molar-refractivity contribution in [2.24, 2.45) is 5.41 Å². The standard InChI is InChI=1S/C17H26N2O3S/c1-10-7-13(18-16(21)17(4,5)6)23-14(10)15(20)19-8-11(2)22-12(3)9-19/h7,11-12H,8-9H2,1-6H3,(H,18,21). The van der Waals surface area contributed by atoms with Gasteiger partial charge in [-0.15, -0.1) is 11.3 Å². The van der Waals surface area contributed by atoms with Gasteiger partial charge in [0.1, 0.15) is 0 Å². The third-order valence-electron chi connectivity index (χ3n) is 3.74. The maximum atomic E-state index is 12.8. The van der Waals surface area contributed by atoms with Crippen molar-refractivity contribution in [3.8, 4) is 0 Å². The Morgan fingerprint density at radius 3 is 2.35 bits per heavy atom. The van der Waals surface area contributed by atoms with Gasteiger partial charge in [-0.1, -0.05) is 20.8 Å². The zero-order chi connectivity index (χ0) is 17.4. The number of amides is 2. The summed E-state index contributed by atoms with van der Waals surface area (Å²) in [5.74, 6) is -0.0304. The Kier molecular flexibility index (Phi) is 5.16. The van der Waals surface area contributed by atoms with E-state index in [9.17, 15) is 9.59 Å². The summed E-state index contributed by atoms with van der Waals surface area (Å²) in [6.45, 7) is 12.7. The van der Waals surface area contributed by atoms with E-state index < -0.39 is 5.41 Å². The van der Waals surface area contributed by atoms with Crippen LogP contribution in [0.2, 0.25) is 0 Å². The minimum Gasteiger partial charge on any atom is -0.372 e. The smallest absolute Gasteiger partial charge is 0.264 e. The van der Waals surface area contributed by atoms with Gasteiger partial charge in [-0.05, 0) is 32.4 Å². The maximum absolute atomic E-state index is 12.8. The molecule has 2 unspecified atom stereocenters. The van der Waals surface area contributed by atoms with Gasteiger partial charge < -0.3 is 15.0 Å². The number of rotatable bonds is 2. The van der Waals surface area contributed by atoms with Crippen molar-refractivity contribution >= 4 is 28.2 Å². The Balaban J connectivity index is 2.14. The summed E-state index contributed by atoms with van der Waals surface area (Å²) in [5, 5.41) is 3.62. The number of morpholine rings is 1. The van der Waals surface area contributed by atoms with Crippen LogP contribution in [-0.4, -0.2) is 42.0 Å². The second-order valence-corrected chi connectivity index (χ2v) is 8.35. The summed E-state index contributed by atoms with van der Waals surface area (Å²) in [7, 11) is 0. The summed E-state index contributed by atoms with van der Waals surface area (Å²) in [6.07, 6.45) is 0.0889. The van der Waals surface area contributed by atoms with Crippen LogP contribution in [0.15, 0.2) is 6.07 Å². The number of thiophene rings is 1. The lowest BCUT2D eigenvalue weighted by Crippen LogP contribution is -2.48. The molecule has 23 heavy (non-hydrogen) atoms. The van der Waals surface area contributed by atoms with E-state index in [0.717, 1.165) is 10.6 Å². The van der Waals surface area contributed by atoms with Gasteiger partial charge in [0.15, 0.2) is 0 Å². The summed E-state index contributed by atoms with van der Waals surface area (Å²) in [6, 6.07) is 1.87. The Morgan fingerprint density at radius 2 is 1.83 bits per heavy atom. The molecule has 0 aliphatic carbocycles. The van der Waals surface area contributed by atoms with Crippen molar-refractivity contribution in [3.05, 3.63) is 16.5 Å². The van der Waals surface area contributed by atoms with Crippen molar-refractivity contribution in [3.63, 3.8) is 0 Å². The van der Waals surface area contributed by atoms with Crippen molar-refractivity contribution in [1.29, 1.82) is 0 Å². The molecule has 1 aliphatic rings. The SMILES string of the molecule is Cc1cc(NC(=O)C(C)(C)C)sc1C(=O)N1CC(C)OC(C)C1. The van der Waals surface area contributed by atoms with Crippen LogP contribution in [0.4, 0.5) is 5.00 Å². The van der Waals surface area contributed by atoms with E-state index in [1.54, 1.807) is 0 Å². The number of hydrogen-bond acceptors (Lipinski definition) is 4. The molecule has 0 spiro atoms. The molecule has 1 fully saturated rings. The van der Waals surface area contributed by atoms with Crippen LogP contribution in [0.3, 0.4) is 0 Å². The minimum absolute atomic E-state index is 0.0192. The molecule has 2 heterocycles. The lowest BCUT2D eigenvalue weighted by atomic mass is 9.96. The van der Waals surface area contributed by atoms with E-state index in [-0.39, 0.29) is 24.0 Å². The molecule has 1 aromatic heterocycles. The van der Waals surface area contributed by atoms with Crippen molar-refractivity contribution < 1.29 is 14.3 Å². The first-order chi connectivity index (χ1) is 10.6. The molecule has 1 aliphatic heterocycles. The van der Waals surface area contributed by atoms with E-state index in [2.05, 4.69) is 5.32 Å². The Bertz CT molecular complexity index is 593. The third kappa shape index (κ3) is 4.32. The van der Waals surface area contributed by atoms with E-state index >= 15 is 0 Å². The molecular formula is C17H26N2O3S. The molecule has 2 atom stereocenters. The molecule has 1 N–H and O–H groups in total. The second-order valence-electron chi connectivity index (χ2n) is 7.29. The molecule has 2 amide bonds. The van der Waals surface area contributed by atoms with Crippen LogP contribution in [0.1, 0.15) is 49.9 Å². The van der Waals surface area contributed by atoms with Crippen molar-refractivity contribution in [2.75, 3.05) is 18.4 Å². The lowest BCUT2D eigenvalue weighted by Gasteiger charge is -2.35. The molecule has 128 valence electrons.